The zero-order valence-corrected chi connectivity index (χ0v) is 7.78. The van der Waals surface area contributed by atoms with Crippen LogP contribution in [0.1, 0.15) is 15.9 Å². The van der Waals surface area contributed by atoms with Crippen LogP contribution in [0.25, 0.3) is 6.08 Å². The van der Waals surface area contributed by atoms with Gasteiger partial charge in [-0.3, -0.25) is 0 Å². The average molecular weight is 210 g/mol. The molecule has 0 saturated heterocycles. The number of carboxylic acids is 1. The molecule has 0 saturated carbocycles. The van der Waals surface area contributed by atoms with Crippen LogP contribution in [0.2, 0.25) is 0 Å². The largest absolute Gasteiger partial charge is 0.478 e. The third-order valence-electron chi connectivity index (χ3n) is 1.99. The maximum atomic E-state index is 11.3. The predicted molar refractivity (Wildman–Crippen MR) is 49.6 cm³/mol. The molecule has 1 aromatic carbocycles. The molecule has 0 radical (unpaired) electrons. The fourth-order valence-electron chi connectivity index (χ4n) is 1.29. The fraction of sp³-hybridized carbons (Fsp3) is 0. The Balaban J connectivity index is 2.69. The molecule has 0 aliphatic carbocycles. The van der Waals surface area contributed by atoms with E-state index < -0.39 is 15.8 Å². The first kappa shape index (κ1) is 8.96. The van der Waals surface area contributed by atoms with Crippen molar-refractivity contribution in [3.63, 3.8) is 0 Å². The molecule has 0 amide bonds. The minimum absolute atomic E-state index is 0.0176. The summed E-state index contributed by atoms with van der Waals surface area (Å²) in [4.78, 5) is 10.7. The highest BCUT2D eigenvalue weighted by atomic mass is 32.2. The highest BCUT2D eigenvalue weighted by molar-refractivity contribution is 7.94. The first-order chi connectivity index (χ1) is 6.50. The van der Waals surface area contributed by atoms with Crippen molar-refractivity contribution in [3.05, 3.63) is 34.7 Å². The molecule has 72 valence electrons. The lowest BCUT2D eigenvalue weighted by atomic mass is 10.1. The van der Waals surface area contributed by atoms with E-state index in [9.17, 15) is 13.2 Å². The van der Waals surface area contributed by atoms with Gasteiger partial charge in [0.25, 0.3) is 0 Å². The quantitative estimate of drug-likeness (QED) is 0.754. The van der Waals surface area contributed by atoms with Crippen LogP contribution in [-0.4, -0.2) is 19.5 Å². The minimum Gasteiger partial charge on any atom is -0.478 e. The van der Waals surface area contributed by atoms with Crippen LogP contribution in [-0.2, 0) is 9.84 Å². The van der Waals surface area contributed by atoms with Gasteiger partial charge in [0, 0.05) is 5.41 Å². The van der Waals surface area contributed by atoms with Crippen LogP contribution < -0.4 is 0 Å². The Kier molecular flexibility index (Phi) is 1.72. The van der Waals surface area contributed by atoms with E-state index >= 15 is 0 Å². The van der Waals surface area contributed by atoms with Crippen molar-refractivity contribution in [2.45, 2.75) is 4.90 Å². The van der Waals surface area contributed by atoms with E-state index in [-0.39, 0.29) is 10.5 Å². The van der Waals surface area contributed by atoms with Crippen LogP contribution >= 0.6 is 0 Å². The van der Waals surface area contributed by atoms with Crippen LogP contribution in [0, 0.1) is 0 Å². The first-order valence-electron chi connectivity index (χ1n) is 3.81. The second kappa shape index (κ2) is 2.68. The van der Waals surface area contributed by atoms with Crippen molar-refractivity contribution < 1.29 is 18.3 Å². The minimum atomic E-state index is -3.41. The van der Waals surface area contributed by atoms with Crippen molar-refractivity contribution in [1.82, 2.24) is 0 Å². The van der Waals surface area contributed by atoms with Gasteiger partial charge in [0.15, 0.2) is 9.84 Å². The predicted octanol–water partition coefficient (Wildman–Crippen LogP) is 1.14. The summed E-state index contributed by atoms with van der Waals surface area (Å²) in [7, 11) is -3.41. The number of aromatic carboxylic acids is 1. The van der Waals surface area contributed by atoms with Crippen LogP contribution in [0.3, 0.4) is 0 Å². The fourth-order valence-corrected chi connectivity index (χ4v) is 2.52. The molecule has 0 fully saturated rings. The van der Waals surface area contributed by atoms with E-state index in [1.807, 2.05) is 0 Å². The van der Waals surface area contributed by atoms with Crippen molar-refractivity contribution in [2.24, 2.45) is 0 Å². The summed E-state index contributed by atoms with van der Waals surface area (Å²) >= 11 is 0. The third-order valence-corrected chi connectivity index (χ3v) is 3.45. The van der Waals surface area contributed by atoms with E-state index in [1.165, 1.54) is 24.3 Å². The molecule has 1 aliphatic heterocycles. The van der Waals surface area contributed by atoms with Crippen LogP contribution in [0.15, 0.2) is 28.5 Å². The number of rotatable bonds is 1. The van der Waals surface area contributed by atoms with Crippen molar-refractivity contribution in [1.29, 1.82) is 0 Å². The highest BCUT2D eigenvalue weighted by Crippen LogP contribution is 2.27. The molecule has 2 rings (SSSR count). The zero-order valence-electron chi connectivity index (χ0n) is 6.97. The summed E-state index contributed by atoms with van der Waals surface area (Å²) in [6.45, 7) is 0. The lowest BCUT2D eigenvalue weighted by Gasteiger charge is -1.99. The Morgan fingerprint density at radius 3 is 2.64 bits per heavy atom. The Hall–Kier alpha value is -1.62. The molecule has 1 aromatic rings. The Morgan fingerprint density at radius 2 is 2.00 bits per heavy atom. The molecule has 14 heavy (non-hydrogen) atoms. The normalized spacial score (nSPS) is 16.6. The van der Waals surface area contributed by atoms with Gasteiger partial charge >= 0.3 is 5.97 Å². The first-order valence-corrected chi connectivity index (χ1v) is 5.36. The molecular formula is C9H6O4S. The lowest BCUT2D eigenvalue weighted by molar-refractivity contribution is 0.0696. The molecule has 0 atom stereocenters. The second-order valence-electron chi connectivity index (χ2n) is 2.91. The maximum absolute atomic E-state index is 11.3. The second-order valence-corrected chi connectivity index (χ2v) is 4.71. The number of benzene rings is 1. The van der Waals surface area contributed by atoms with Crippen molar-refractivity contribution in [2.75, 3.05) is 0 Å². The van der Waals surface area contributed by atoms with Gasteiger partial charge in [0.1, 0.15) is 0 Å². The summed E-state index contributed by atoms with van der Waals surface area (Å²) in [5.41, 5.74) is 0.519. The molecule has 0 spiro atoms. The smallest absolute Gasteiger partial charge is 0.335 e. The SMILES string of the molecule is O=C(O)c1ccc2c(c1)S(=O)(=O)C=C2. The summed E-state index contributed by atoms with van der Waals surface area (Å²) in [6, 6.07) is 4.04. The van der Waals surface area contributed by atoms with Gasteiger partial charge in [0.05, 0.1) is 10.5 Å². The van der Waals surface area contributed by atoms with E-state index in [0.717, 1.165) is 5.41 Å². The standard InChI is InChI=1S/C9H6O4S/c10-9(11)7-2-1-6-3-4-14(12,13)8(6)5-7/h1-5H,(H,10,11). The average Bonchev–Trinajstić information content (AvgIpc) is 2.42. The maximum Gasteiger partial charge on any atom is 0.335 e. The molecule has 0 bridgehead atoms. The zero-order chi connectivity index (χ0) is 10.3. The van der Waals surface area contributed by atoms with Gasteiger partial charge in [-0.05, 0) is 23.8 Å². The number of hydrogen-bond donors (Lipinski definition) is 1. The summed E-state index contributed by atoms with van der Waals surface area (Å²) in [5.74, 6) is -1.13. The van der Waals surface area contributed by atoms with E-state index in [0.29, 0.717) is 5.56 Å². The highest BCUT2D eigenvalue weighted by Gasteiger charge is 2.21. The van der Waals surface area contributed by atoms with Gasteiger partial charge in [-0.2, -0.15) is 0 Å². The molecule has 0 unspecified atom stereocenters. The van der Waals surface area contributed by atoms with Crippen LogP contribution in [0.5, 0.6) is 0 Å². The van der Waals surface area contributed by atoms with Crippen molar-refractivity contribution >= 4 is 21.9 Å². The molecule has 1 N–H and O–H groups in total. The topological polar surface area (TPSA) is 71.4 Å². The summed E-state index contributed by atoms with van der Waals surface area (Å²) in [5, 5.41) is 9.74. The number of hydrogen-bond acceptors (Lipinski definition) is 3. The van der Waals surface area contributed by atoms with Gasteiger partial charge in [-0.25, -0.2) is 13.2 Å². The molecule has 0 aromatic heterocycles. The Labute approximate surface area is 80.4 Å². The van der Waals surface area contributed by atoms with Gasteiger partial charge < -0.3 is 5.11 Å². The monoisotopic (exact) mass is 210 g/mol. The number of fused-ring (bicyclic) bond motifs is 1. The van der Waals surface area contributed by atoms with E-state index in [4.69, 9.17) is 5.11 Å². The Bertz CT molecular complexity index is 540. The molecule has 4 nitrogen and oxygen atoms in total. The molecule has 1 heterocycles. The summed E-state index contributed by atoms with van der Waals surface area (Å²) in [6.07, 6.45) is 1.45. The van der Waals surface area contributed by atoms with Gasteiger partial charge in [-0.1, -0.05) is 6.07 Å². The van der Waals surface area contributed by atoms with Crippen molar-refractivity contribution in [3.8, 4) is 0 Å². The van der Waals surface area contributed by atoms with Crippen LogP contribution in [0.4, 0.5) is 0 Å². The van der Waals surface area contributed by atoms with Gasteiger partial charge in [-0.15, -0.1) is 0 Å². The molecule has 5 heteroatoms. The third kappa shape index (κ3) is 1.22. The lowest BCUT2D eigenvalue weighted by Crippen LogP contribution is -2.00. The number of carboxylic acid groups (broad SMARTS) is 1. The molecular weight excluding hydrogens is 204 g/mol. The van der Waals surface area contributed by atoms with E-state index in [2.05, 4.69) is 0 Å². The van der Waals surface area contributed by atoms with Gasteiger partial charge in [0.2, 0.25) is 0 Å². The Morgan fingerprint density at radius 1 is 1.29 bits per heavy atom. The van der Waals surface area contributed by atoms with E-state index in [1.54, 1.807) is 0 Å². The molecule has 1 aliphatic rings. The number of carbonyl (C=O) groups is 1. The summed E-state index contributed by atoms with van der Waals surface area (Å²) < 4.78 is 22.7. The number of sulfone groups is 1.